The third-order valence-electron chi connectivity index (χ3n) is 3.67. The topological polar surface area (TPSA) is 29.1 Å². The van der Waals surface area contributed by atoms with Crippen molar-refractivity contribution in [2.75, 3.05) is 5.32 Å². The summed E-state index contributed by atoms with van der Waals surface area (Å²) in [7, 11) is 0. The summed E-state index contributed by atoms with van der Waals surface area (Å²) < 4.78 is 39.6. The number of hydrogen-bond donors (Lipinski definition) is 1. The predicted octanol–water partition coefficient (Wildman–Crippen LogP) is 6.30. The van der Waals surface area contributed by atoms with Crippen molar-refractivity contribution < 1.29 is 18.0 Å². The molecule has 0 aromatic heterocycles. The molecule has 0 aliphatic carbocycles. The quantitative estimate of drug-likeness (QED) is 0.397. The third-order valence-corrected chi connectivity index (χ3v) is 5.24. The Morgan fingerprint density at radius 2 is 1.63 bits per heavy atom. The van der Waals surface area contributed by atoms with Crippen LogP contribution in [0.2, 0.25) is 5.02 Å². The molecule has 0 saturated heterocycles. The van der Waals surface area contributed by atoms with E-state index in [1.165, 1.54) is 17.8 Å². The van der Waals surface area contributed by atoms with Crippen molar-refractivity contribution in [3.8, 4) is 0 Å². The van der Waals surface area contributed by atoms with Gasteiger partial charge in [-0.2, -0.15) is 0 Å². The highest BCUT2D eigenvalue weighted by atomic mass is 35.5. The molecular weight excluding hydrogens is 395 g/mol. The van der Waals surface area contributed by atoms with E-state index in [0.29, 0.717) is 15.7 Å². The van der Waals surface area contributed by atoms with Crippen LogP contribution in [0.5, 0.6) is 0 Å². The second kappa shape index (κ2) is 8.50. The van der Waals surface area contributed by atoms with Gasteiger partial charge in [0.15, 0.2) is 17.5 Å². The smallest absolute Gasteiger partial charge is 0.255 e. The molecular formula is C20H13ClF3NOS. The second-order valence-electron chi connectivity index (χ2n) is 5.63. The van der Waals surface area contributed by atoms with E-state index in [-0.39, 0.29) is 11.3 Å². The van der Waals surface area contributed by atoms with Gasteiger partial charge in [0, 0.05) is 34.0 Å². The molecule has 138 valence electrons. The van der Waals surface area contributed by atoms with Crippen LogP contribution >= 0.6 is 23.4 Å². The summed E-state index contributed by atoms with van der Waals surface area (Å²) in [5, 5.41) is 2.84. The van der Waals surface area contributed by atoms with Gasteiger partial charge in [0.25, 0.3) is 5.91 Å². The molecule has 0 aliphatic heterocycles. The first-order chi connectivity index (χ1) is 12.9. The normalized spacial score (nSPS) is 10.7. The summed E-state index contributed by atoms with van der Waals surface area (Å²) >= 11 is 7.66. The molecule has 0 spiro atoms. The number of halogens is 4. The first-order valence-electron chi connectivity index (χ1n) is 7.86. The number of rotatable bonds is 5. The summed E-state index contributed by atoms with van der Waals surface area (Å²) in [6, 6.07) is 15.9. The van der Waals surface area contributed by atoms with Crippen LogP contribution in [0.4, 0.5) is 18.9 Å². The lowest BCUT2D eigenvalue weighted by Crippen LogP contribution is -2.12. The van der Waals surface area contributed by atoms with Crippen LogP contribution in [0, 0.1) is 17.5 Å². The fourth-order valence-corrected chi connectivity index (χ4v) is 3.53. The van der Waals surface area contributed by atoms with E-state index in [4.69, 9.17) is 11.6 Å². The van der Waals surface area contributed by atoms with Gasteiger partial charge in [0.05, 0.1) is 5.02 Å². The molecule has 0 fully saturated rings. The van der Waals surface area contributed by atoms with Crippen molar-refractivity contribution in [3.05, 3.63) is 94.3 Å². The van der Waals surface area contributed by atoms with Crippen LogP contribution in [-0.2, 0) is 5.75 Å². The van der Waals surface area contributed by atoms with Crippen molar-refractivity contribution in [1.29, 1.82) is 0 Å². The molecule has 0 radical (unpaired) electrons. The average molecular weight is 408 g/mol. The highest BCUT2D eigenvalue weighted by molar-refractivity contribution is 7.98. The average Bonchev–Trinajstić information content (AvgIpc) is 2.66. The zero-order valence-electron chi connectivity index (χ0n) is 13.8. The first kappa shape index (κ1) is 19.3. The molecule has 0 atom stereocenters. The third kappa shape index (κ3) is 4.84. The molecule has 0 unspecified atom stereocenters. The lowest BCUT2D eigenvalue weighted by Gasteiger charge is -2.09. The minimum Gasteiger partial charge on any atom is -0.322 e. The van der Waals surface area contributed by atoms with Crippen molar-refractivity contribution >= 4 is 35.0 Å². The Kier molecular flexibility index (Phi) is 6.08. The number of nitrogens with one attached hydrogen (secondary N) is 1. The summed E-state index contributed by atoms with van der Waals surface area (Å²) in [5.41, 5.74) is 1.19. The molecule has 3 aromatic rings. The van der Waals surface area contributed by atoms with E-state index in [1.807, 2.05) is 30.3 Å². The Morgan fingerprint density at radius 3 is 2.30 bits per heavy atom. The summed E-state index contributed by atoms with van der Waals surface area (Å²) in [6.45, 7) is 0. The zero-order chi connectivity index (χ0) is 19.4. The molecule has 3 aromatic carbocycles. The number of anilines is 1. The first-order valence-corrected chi connectivity index (χ1v) is 9.22. The fourth-order valence-electron chi connectivity index (χ4n) is 2.32. The summed E-state index contributed by atoms with van der Waals surface area (Å²) in [5.74, 6) is -4.25. The van der Waals surface area contributed by atoms with Gasteiger partial charge in [-0.05, 0) is 23.8 Å². The minimum atomic E-state index is -1.58. The van der Waals surface area contributed by atoms with E-state index in [1.54, 1.807) is 12.1 Å². The van der Waals surface area contributed by atoms with Gasteiger partial charge in [-0.15, -0.1) is 11.8 Å². The van der Waals surface area contributed by atoms with Crippen LogP contribution < -0.4 is 5.32 Å². The highest BCUT2D eigenvalue weighted by Gasteiger charge is 2.14. The molecule has 3 rings (SSSR count). The Morgan fingerprint density at radius 1 is 0.963 bits per heavy atom. The van der Waals surface area contributed by atoms with Crippen LogP contribution in [0.3, 0.4) is 0 Å². The molecule has 2 nitrogen and oxygen atoms in total. The SMILES string of the molecule is O=C(Nc1cc(F)c(F)c(F)c1)c1ccc(Cl)c(SCc2ccccc2)c1. The van der Waals surface area contributed by atoms with Crippen molar-refractivity contribution in [3.63, 3.8) is 0 Å². The van der Waals surface area contributed by atoms with Gasteiger partial charge in [-0.3, -0.25) is 4.79 Å². The molecule has 0 saturated carbocycles. The van der Waals surface area contributed by atoms with Gasteiger partial charge in [-0.1, -0.05) is 41.9 Å². The van der Waals surface area contributed by atoms with Gasteiger partial charge in [-0.25, -0.2) is 13.2 Å². The Balaban J connectivity index is 1.75. The lowest BCUT2D eigenvalue weighted by atomic mass is 10.2. The maximum atomic E-state index is 13.3. The Hall–Kier alpha value is -2.44. The molecule has 0 aliphatic rings. The molecule has 7 heteroatoms. The van der Waals surface area contributed by atoms with Gasteiger partial charge >= 0.3 is 0 Å². The number of carbonyl (C=O) groups excluding carboxylic acids is 1. The largest absolute Gasteiger partial charge is 0.322 e. The maximum Gasteiger partial charge on any atom is 0.255 e. The van der Waals surface area contributed by atoms with Crippen LogP contribution in [0.1, 0.15) is 15.9 Å². The lowest BCUT2D eigenvalue weighted by molar-refractivity contribution is 0.102. The number of amides is 1. The van der Waals surface area contributed by atoms with Gasteiger partial charge in [0.1, 0.15) is 0 Å². The number of carbonyl (C=O) groups is 1. The summed E-state index contributed by atoms with van der Waals surface area (Å²) in [4.78, 5) is 13.1. The molecule has 0 bridgehead atoms. The molecule has 0 heterocycles. The second-order valence-corrected chi connectivity index (χ2v) is 7.05. The summed E-state index contributed by atoms with van der Waals surface area (Å²) in [6.07, 6.45) is 0. The van der Waals surface area contributed by atoms with Crippen LogP contribution in [0.25, 0.3) is 0 Å². The minimum absolute atomic E-state index is 0.176. The Bertz CT molecular complexity index is 959. The molecule has 27 heavy (non-hydrogen) atoms. The highest BCUT2D eigenvalue weighted by Crippen LogP contribution is 2.31. The monoisotopic (exact) mass is 407 g/mol. The molecule has 1 amide bonds. The standard InChI is InChI=1S/C20H13ClF3NOS/c21-15-7-6-13(8-18(15)27-11-12-4-2-1-3-5-12)20(26)25-14-9-16(22)19(24)17(23)10-14/h1-10H,11H2,(H,25,26). The van der Waals surface area contributed by atoms with E-state index in [9.17, 15) is 18.0 Å². The van der Waals surface area contributed by atoms with E-state index >= 15 is 0 Å². The Labute approximate surface area is 163 Å². The van der Waals surface area contributed by atoms with Crippen molar-refractivity contribution in [1.82, 2.24) is 0 Å². The zero-order valence-corrected chi connectivity index (χ0v) is 15.4. The van der Waals surface area contributed by atoms with Crippen molar-refractivity contribution in [2.24, 2.45) is 0 Å². The number of benzene rings is 3. The van der Waals surface area contributed by atoms with E-state index < -0.39 is 23.4 Å². The predicted molar refractivity (Wildman–Crippen MR) is 102 cm³/mol. The maximum absolute atomic E-state index is 13.3. The van der Waals surface area contributed by atoms with Crippen LogP contribution in [0.15, 0.2) is 65.6 Å². The van der Waals surface area contributed by atoms with E-state index in [2.05, 4.69) is 5.32 Å². The van der Waals surface area contributed by atoms with Crippen molar-refractivity contribution in [2.45, 2.75) is 10.6 Å². The van der Waals surface area contributed by atoms with Crippen LogP contribution in [-0.4, -0.2) is 5.91 Å². The van der Waals surface area contributed by atoms with Gasteiger partial charge < -0.3 is 5.32 Å². The number of thioether (sulfide) groups is 1. The van der Waals surface area contributed by atoms with Gasteiger partial charge in [0.2, 0.25) is 0 Å². The van der Waals surface area contributed by atoms with E-state index in [0.717, 1.165) is 17.7 Å². The number of hydrogen-bond acceptors (Lipinski definition) is 2. The molecule has 1 N–H and O–H groups in total. The fraction of sp³-hybridized carbons (Fsp3) is 0.0500.